The molecule has 1 unspecified atom stereocenters. The second-order valence-electron chi connectivity index (χ2n) is 5.94. The Hall–Kier alpha value is -2.02. The predicted octanol–water partition coefficient (Wildman–Crippen LogP) is 0.920. The molecular weight excluding hydrogens is 308 g/mol. The Balaban J connectivity index is 1.71. The number of nitrogens with one attached hydrogen (secondary N) is 3. The average Bonchev–Trinajstić information content (AvgIpc) is 3.25. The maximum atomic E-state index is 10.9. The van der Waals surface area contributed by atoms with Gasteiger partial charge in [0.1, 0.15) is 5.76 Å². The van der Waals surface area contributed by atoms with Gasteiger partial charge in [0.05, 0.1) is 12.9 Å². The lowest BCUT2D eigenvalue weighted by atomic mass is 10.1. The molecule has 24 heavy (non-hydrogen) atoms. The summed E-state index contributed by atoms with van der Waals surface area (Å²) >= 11 is 0. The summed E-state index contributed by atoms with van der Waals surface area (Å²) in [4.78, 5) is 15.5. The molecule has 1 saturated heterocycles. The molecular formula is C17H28N4O3. The number of carbonyl (C=O) groups excluding carboxylic acids is 1. The van der Waals surface area contributed by atoms with Gasteiger partial charge in [-0.2, -0.15) is 0 Å². The highest BCUT2D eigenvalue weighted by Crippen LogP contribution is 2.11. The summed E-state index contributed by atoms with van der Waals surface area (Å²) in [7, 11) is 0. The summed E-state index contributed by atoms with van der Waals surface area (Å²) in [5, 5.41) is 9.44. The van der Waals surface area contributed by atoms with Crippen molar-refractivity contribution in [3.63, 3.8) is 0 Å². The van der Waals surface area contributed by atoms with Crippen LogP contribution in [-0.4, -0.2) is 51.3 Å². The third-order valence-electron chi connectivity index (χ3n) is 3.80. The second-order valence-corrected chi connectivity index (χ2v) is 5.94. The van der Waals surface area contributed by atoms with Crippen LogP contribution < -0.4 is 16.0 Å². The van der Waals surface area contributed by atoms with Crippen molar-refractivity contribution >= 4 is 11.9 Å². The number of carbonyl (C=O) groups is 1. The highest BCUT2D eigenvalue weighted by Gasteiger charge is 2.15. The number of nitrogens with zero attached hydrogens (tertiary/aromatic N) is 1. The molecule has 0 aliphatic carbocycles. The normalized spacial score (nSPS) is 17.7. The molecule has 1 fully saturated rings. The monoisotopic (exact) mass is 336 g/mol. The summed E-state index contributed by atoms with van der Waals surface area (Å²) in [5.74, 6) is 2.27. The lowest BCUT2D eigenvalue weighted by Crippen LogP contribution is -2.40. The number of furan rings is 1. The molecule has 7 heteroatoms. The summed E-state index contributed by atoms with van der Waals surface area (Å²) < 4.78 is 10.7. The Morgan fingerprint density at radius 3 is 2.83 bits per heavy atom. The number of hydrogen-bond donors (Lipinski definition) is 3. The highest BCUT2D eigenvalue weighted by atomic mass is 16.5. The van der Waals surface area contributed by atoms with Crippen molar-refractivity contribution in [2.75, 3.05) is 39.4 Å². The van der Waals surface area contributed by atoms with Crippen molar-refractivity contribution in [3.8, 4) is 0 Å². The average molecular weight is 336 g/mol. The van der Waals surface area contributed by atoms with Crippen molar-refractivity contribution in [2.45, 2.75) is 26.2 Å². The van der Waals surface area contributed by atoms with E-state index in [0.29, 0.717) is 12.5 Å². The Morgan fingerprint density at radius 2 is 2.12 bits per heavy atom. The predicted molar refractivity (Wildman–Crippen MR) is 92.9 cm³/mol. The Labute approximate surface area is 143 Å². The second kappa shape index (κ2) is 10.7. The smallest absolute Gasteiger partial charge is 0.216 e. The van der Waals surface area contributed by atoms with Crippen LogP contribution in [0.15, 0.2) is 27.8 Å². The lowest BCUT2D eigenvalue weighted by molar-refractivity contribution is -0.118. The van der Waals surface area contributed by atoms with Crippen LogP contribution in [0.25, 0.3) is 0 Å². The zero-order valence-corrected chi connectivity index (χ0v) is 14.3. The molecule has 2 heterocycles. The van der Waals surface area contributed by atoms with Gasteiger partial charge in [0, 0.05) is 52.0 Å². The number of guanidine groups is 1. The molecule has 3 N–H and O–H groups in total. The SMILES string of the molecule is CC(=O)NCCCNC(=NCC1CCOC1)NCCc1ccco1. The van der Waals surface area contributed by atoms with Gasteiger partial charge in [0.2, 0.25) is 5.91 Å². The summed E-state index contributed by atoms with van der Waals surface area (Å²) in [5.41, 5.74) is 0. The van der Waals surface area contributed by atoms with Gasteiger partial charge in [-0.3, -0.25) is 9.79 Å². The quantitative estimate of drug-likeness (QED) is 0.355. The van der Waals surface area contributed by atoms with Crippen molar-refractivity contribution in [2.24, 2.45) is 10.9 Å². The van der Waals surface area contributed by atoms with Gasteiger partial charge in [0.25, 0.3) is 0 Å². The molecule has 1 atom stereocenters. The van der Waals surface area contributed by atoms with Crippen LogP contribution in [0.4, 0.5) is 0 Å². The van der Waals surface area contributed by atoms with E-state index in [1.807, 2.05) is 12.1 Å². The van der Waals surface area contributed by atoms with Crippen molar-refractivity contribution in [1.29, 1.82) is 0 Å². The van der Waals surface area contributed by atoms with Gasteiger partial charge >= 0.3 is 0 Å². The van der Waals surface area contributed by atoms with Crippen molar-refractivity contribution in [1.82, 2.24) is 16.0 Å². The van der Waals surface area contributed by atoms with Crippen LogP contribution in [-0.2, 0) is 16.0 Å². The van der Waals surface area contributed by atoms with Crippen LogP contribution in [0, 0.1) is 5.92 Å². The van der Waals surface area contributed by atoms with Crippen molar-refractivity contribution < 1.29 is 13.9 Å². The van der Waals surface area contributed by atoms with Crippen molar-refractivity contribution in [3.05, 3.63) is 24.2 Å². The fraction of sp³-hybridized carbons (Fsp3) is 0.647. The fourth-order valence-electron chi connectivity index (χ4n) is 2.44. The number of amides is 1. The zero-order valence-electron chi connectivity index (χ0n) is 14.3. The molecule has 0 radical (unpaired) electrons. The molecule has 0 saturated carbocycles. The first-order valence-electron chi connectivity index (χ1n) is 8.61. The first-order valence-corrected chi connectivity index (χ1v) is 8.61. The maximum absolute atomic E-state index is 10.9. The lowest BCUT2D eigenvalue weighted by Gasteiger charge is -2.13. The molecule has 1 aromatic rings. The van der Waals surface area contributed by atoms with E-state index in [0.717, 1.165) is 63.8 Å². The fourth-order valence-corrected chi connectivity index (χ4v) is 2.44. The first-order chi connectivity index (χ1) is 11.7. The van der Waals surface area contributed by atoms with E-state index < -0.39 is 0 Å². The molecule has 134 valence electrons. The van der Waals surface area contributed by atoms with E-state index >= 15 is 0 Å². The Bertz CT molecular complexity index is 496. The molecule has 1 aromatic heterocycles. The molecule has 0 bridgehead atoms. The van der Waals surface area contributed by atoms with E-state index in [4.69, 9.17) is 9.15 Å². The van der Waals surface area contributed by atoms with Crippen LogP contribution in [0.5, 0.6) is 0 Å². The maximum Gasteiger partial charge on any atom is 0.216 e. The summed E-state index contributed by atoms with van der Waals surface area (Å²) in [6, 6.07) is 3.86. The standard InChI is InChI=1S/C17H28N4O3/c1-14(22)18-7-3-8-19-17(21-12-15-6-11-23-13-15)20-9-5-16-4-2-10-24-16/h2,4,10,15H,3,5-9,11-13H2,1H3,(H,18,22)(H2,19,20,21). The van der Waals surface area contributed by atoms with E-state index in [-0.39, 0.29) is 5.91 Å². The summed E-state index contributed by atoms with van der Waals surface area (Å²) in [6.45, 7) is 6.11. The third kappa shape index (κ3) is 7.50. The minimum Gasteiger partial charge on any atom is -0.469 e. The highest BCUT2D eigenvalue weighted by molar-refractivity contribution is 5.79. The van der Waals surface area contributed by atoms with Crippen LogP contribution in [0.1, 0.15) is 25.5 Å². The minimum absolute atomic E-state index is 0.00157. The summed E-state index contributed by atoms with van der Waals surface area (Å²) in [6.07, 6.45) is 4.42. The van der Waals surface area contributed by atoms with Crippen LogP contribution in [0.2, 0.25) is 0 Å². The van der Waals surface area contributed by atoms with E-state index in [1.54, 1.807) is 6.26 Å². The molecule has 2 rings (SSSR count). The zero-order chi connectivity index (χ0) is 17.0. The number of rotatable bonds is 9. The molecule has 7 nitrogen and oxygen atoms in total. The molecule has 1 amide bonds. The van der Waals surface area contributed by atoms with Gasteiger partial charge in [-0.25, -0.2) is 0 Å². The van der Waals surface area contributed by atoms with Gasteiger partial charge in [-0.1, -0.05) is 0 Å². The van der Waals surface area contributed by atoms with Gasteiger partial charge < -0.3 is 25.1 Å². The van der Waals surface area contributed by atoms with Gasteiger partial charge in [0.15, 0.2) is 5.96 Å². The Morgan fingerprint density at radius 1 is 1.29 bits per heavy atom. The first kappa shape index (κ1) is 18.3. The number of hydrogen-bond acceptors (Lipinski definition) is 4. The topological polar surface area (TPSA) is 87.9 Å². The van der Waals surface area contributed by atoms with Crippen LogP contribution in [0.3, 0.4) is 0 Å². The molecule has 0 aromatic carbocycles. The largest absolute Gasteiger partial charge is 0.469 e. The Kier molecular flexibility index (Phi) is 8.17. The third-order valence-corrected chi connectivity index (χ3v) is 3.80. The minimum atomic E-state index is 0.00157. The van der Waals surface area contributed by atoms with E-state index in [9.17, 15) is 4.79 Å². The number of aliphatic imine (C=N–C) groups is 1. The van der Waals surface area contributed by atoms with E-state index in [2.05, 4.69) is 20.9 Å². The molecule has 1 aliphatic heterocycles. The molecule has 1 aliphatic rings. The van der Waals surface area contributed by atoms with E-state index in [1.165, 1.54) is 6.92 Å². The van der Waals surface area contributed by atoms with Crippen LogP contribution >= 0.6 is 0 Å². The van der Waals surface area contributed by atoms with Gasteiger partial charge in [-0.05, 0) is 25.0 Å². The molecule has 0 spiro atoms. The number of ether oxygens (including phenoxy) is 1. The van der Waals surface area contributed by atoms with Gasteiger partial charge in [-0.15, -0.1) is 0 Å².